The predicted molar refractivity (Wildman–Crippen MR) is 79.5 cm³/mol. The lowest BCUT2D eigenvalue weighted by Crippen LogP contribution is -1.87. The van der Waals surface area contributed by atoms with Crippen LogP contribution >= 0.6 is 0 Å². The Morgan fingerprint density at radius 2 is 1.63 bits per heavy atom. The Morgan fingerprint density at radius 3 is 2.42 bits per heavy atom. The minimum Gasteiger partial charge on any atom is -0.298 e. The highest BCUT2D eigenvalue weighted by Gasteiger charge is 2.04. The Bertz CT molecular complexity index is 756. The molecule has 0 fully saturated rings. The normalized spacial score (nSPS) is 10.6. The first-order valence-corrected chi connectivity index (χ1v) is 6.33. The SMILES string of the molecule is Cc1ccc(C=O)cc1-c1ccc2ccccc2c1. The molecule has 1 heteroatoms. The van der Waals surface area contributed by atoms with Gasteiger partial charge in [0.25, 0.3) is 0 Å². The summed E-state index contributed by atoms with van der Waals surface area (Å²) in [7, 11) is 0. The molecule has 0 aliphatic carbocycles. The maximum atomic E-state index is 10.9. The number of aldehydes is 1. The van der Waals surface area contributed by atoms with Gasteiger partial charge in [0, 0.05) is 5.56 Å². The van der Waals surface area contributed by atoms with Crippen molar-refractivity contribution in [2.24, 2.45) is 0 Å². The van der Waals surface area contributed by atoms with Crippen LogP contribution in [0.15, 0.2) is 60.7 Å². The molecule has 0 aliphatic rings. The van der Waals surface area contributed by atoms with Crippen molar-refractivity contribution in [2.45, 2.75) is 6.92 Å². The van der Waals surface area contributed by atoms with Gasteiger partial charge in [0.05, 0.1) is 0 Å². The molecule has 0 atom stereocenters. The fourth-order valence-corrected chi connectivity index (χ4v) is 2.38. The fourth-order valence-electron chi connectivity index (χ4n) is 2.38. The maximum absolute atomic E-state index is 10.9. The second-order valence-corrected chi connectivity index (χ2v) is 4.75. The molecule has 0 saturated carbocycles. The van der Waals surface area contributed by atoms with Gasteiger partial charge in [-0.05, 0) is 46.5 Å². The Labute approximate surface area is 112 Å². The quantitative estimate of drug-likeness (QED) is 0.602. The lowest BCUT2D eigenvalue weighted by atomic mass is 9.96. The smallest absolute Gasteiger partial charge is 0.150 e. The summed E-state index contributed by atoms with van der Waals surface area (Å²) >= 11 is 0. The van der Waals surface area contributed by atoms with Crippen molar-refractivity contribution < 1.29 is 4.79 Å². The van der Waals surface area contributed by atoms with Crippen LogP contribution in [0.25, 0.3) is 21.9 Å². The third-order valence-electron chi connectivity index (χ3n) is 3.46. The molecule has 0 radical (unpaired) electrons. The molecule has 0 heterocycles. The Balaban J connectivity index is 2.21. The predicted octanol–water partition coefficient (Wildman–Crippen LogP) is 4.63. The summed E-state index contributed by atoms with van der Waals surface area (Å²) in [6.07, 6.45) is 0.893. The second-order valence-electron chi connectivity index (χ2n) is 4.75. The molecule has 0 spiro atoms. The monoisotopic (exact) mass is 246 g/mol. The Hall–Kier alpha value is -2.41. The van der Waals surface area contributed by atoms with Gasteiger partial charge in [-0.3, -0.25) is 4.79 Å². The summed E-state index contributed by atoms with van der Waals surface area (Å²) in [5.41, 5.74) is 4.17. The minimum absolute atomic E-state index is 0.716. The maximum Gasteiger partial charge on any atom is 0.150 e. The third-order valence-corrected chi connectivity index (χ3v) is 3.46. The van der Waals surface area contributed by atoms with Gasteiger partial charge in [0.15, 0.2) is 0 Å². The van der Waals surface area contributed by atoms with Crippen LogP contribution in [0.4, 0.5) is 0 Å². The number of carbonyl (C=O) groups excluding carboxylic acids is 1. The Kier molecular flexibility index (Phi) is 2.88. The van der Waals surface area contributed by atoms with E-state index in [2.05, 4.69) is 37.3 Å². The number of carbonyl (C=O) groups is 1. The van der Waals surface area contributed by atoms with Crippen molar-refractivity contribution in [2.75, 3.05) is 0 Å². The van der Waals surface area contributed by atoms with E-state index in [1.165, 1.54) is 16.3 Å². The topological polar surface area (TPSA) is 17.1 Å². The highest BCUT2D eigenvalue weighted by atomic mass is 16.1. The van der Waals surface area contributed by atoms with Crippen LogP contribution in [-0.4, -0.2) is 6.29 Å². The number of aryl methyl sites for hydroxylation is 1. The van der Waals surface area contributed by atoms with Crippen molar-refractivity contribution in [3.8, 4) is 11.1 Å². The highest BCUT2D eigenvalue weighted by Crippen LogP contribution is 2.27. The van der Waals surface area contributed by atoms with Gasteiger partial charge in [-0.2, -0.15) is 0 Å². The van der Waals surface area contributed by atoms with E-state index in [-0.39, 0.29) is 0 Å². The minimum atomic E-state index is 0.716. The lowest BCUT2D eigenvalue weighted by Gasteiger charge is -2.08. The molecule has 3 aromatic carbocycles. The number of hydrogen-bond donors (Lipinski definition) is 0. The van der Waals surface area contributed by atoms with E-state index in [9.17, 15) is 4.79 Å². The average molecular weight is 246 g/mol. The van der Waals surface area contributed by atoms with Crippen LogP contribution in [0, 0.1) is 6.92 Å². The van der Waals surface area contributed by atoms with E-state index in [1.54, 1.807) is 0 Å². The Morgan fingerprint density at radius 1 is 0.842 bits per heavy atom. The molecule has 0 saturated heterocycles. The molecule has 0 amide bonds. The van der Waals surface area contributed by atoms with Crippen molar-refractivity contribution in [3.63, 3.8) is 0 Å². The number of rotatable bonds is 2. The number of fused-ring (bicyclic) bond motifs is 1. The van der Waals surface area contributed by atoms with Gasteiger partial charge in [-0.25, -0.2) is 0 Å². The van der Waals surface area contributed by atoms with Crippen molar-refractivity contribution in [1.29, 1.82) is 0 Å². The number of benzene rings is 3. The van der Waals surface area contributed by atoms with Crippen LogP contribution in [-0.2, 0) is 0 Å². The molecule has 19 heavy (non-hydrogen) atoms. The molecule has 3 aromatic rings. The summed E-state index contributed by atoms with van der Waals surface area (Å²) in [5, 5.41) is 2.45. The molecule has 0 unspecified atom stereocenters. The van der Waals surface area contributed by atoms with Gasteiger partial charge in [-0.15, -0.1) is 0 Å². The van der Waals surface area contributed by atoms with Crippen molar-refractivity contribution >= 4 is 17.1 Å². The second kappa shape index (κ2) is 4.69. The zero-order chi connectivity index (χ0) is 13.2. The molecular weight excluding hydrogens is 232 g/mol. The van der Waals surface area contributed by atoms with Crippen LogP contribution in [0.1, 0.15) is 15.9 Å². The van der Waals surface area contributed by atoms with Crippen LogP contribution in [0.3, 0.4) is 0 Å². The van der Waals surface area contributed by atoms with Crippen LogP contribution < -0.4 is 0 Å². The van der Waals surface area contributed by atoms with Crippen LogP contribution in [0.5, 0.6) is 0 Å². The first kappa shape index (κ1) is 11.7. The average Bonchev–Trinajstić information content (AvgIpc) is 2.47. The largest absolute Gasteiger partial charge is 0.298 e. The van der Waals surface area contributed by atoms with Gasteiger partial charge < -0.3 is 0 Å². The third kappa shape index (κ3) is 2.15. The van der Waals surface area contributed by atoms with Crippen LogP contribution in [0.2, 0.25) is 0 Å². The molecule has 0 aliphatic heterocycles. The molecule has 3 rings (SSSR count). The van der Waals surface area contributed by atoms with E-state index in [4.69, 9.17) is 0 Å². The van der Waals surface area contributed by atoms with Gasteiger partial charge >= 0.3 is 0 Å². The summed E-state index contributed by atoms with van der Waals surface area (Å²) in [6, 6.07) is 20.5. The van der Waals surface area contributed by atoms with E-state index in [1.807, 2.05) is 30.3 Å². The summed E-state index contributed by atoms with van der Waals surface area (Å²) in [5.74, 6) is 0. The van der Waals surface area contributed by atoms with Gasteiger partial charge in [0.1, 0.15) is 6.29 Å². The molecule has 0 N–H and O–H groups in total. The summed E-state index contributed by atoms with van der Waals surface area (Å²) in [6.45, 7) is 2.07. The fraction of sp³-hybridized carbons (Fsp3) is 0.0556. The summed E-state index contributed by atoms with van der Waals surface area (Å²) < 4.78 is 0. The van der Waals surface area contributed by atoms with E-state index >= 15 is 0 Å². The molecule has 0 bridgehead atoms. The van der Waals surface area contributed by atoms with E-state index in [0.717, 1.165) is 17.4 Å². The molecular formula is C18H14O. The highest BCUT2D eigenvalue weighted by molar-refractivity contribution is 5.88. The molecule has 92 valence electrons. The summed E-state index contributed by atoms with van der Waals surface area (Å²) in [4.78, 5) is 10.9. The standard InChI is InChI=1S/C18H14O/c1-13-6-7-14(12-19)10-18(13)17-9-8-15-4-2-3-5-16(15)11-17/h2-12H,1H3. The number of hydrogen-bond acceptors (Lipinski definition) is 1. The molecule has 1 nitrogen and oxygen atoms in total. The first-order chi connectivity index (χ1) is 9.28. The first-order valence-electron chi connectivity index (χ1n) is 6.33. The van der Waals surface area contributed by atoms with E-state index in [0.29, 0.717) is 5.56 Å². The van der Waals surface area contributed by atoms with Gasteiger partial charge in [0.2, 0.25) is 0 Å². The van der Waals surface area contributed by atoms with Crippen molar-refractivity contribution in [3.05, 3.63) is 71.8 Å². The van der Waals surface area contributed by atoms with Gasteiger partial charge in [-0.1, -0.05) is 48.5 Å². The van der Waals surface area contributed by atoms with E-state index < -0.39 is 0 Å². The van der Waals surface area contributed by atoms with Crippen molar-refractivity contribution in [1.82, 2.24) is 0 Å². The lowest BCUT2D eigenvalue weighted by molar-refractivity contribution is 0.112. The molecule has 0 aromatic heterocycles. The zero-order valence-electron chi connectivity index (χ0n) is 10.8. The zero-order valence-corrected chi connectivity index (χ0v) is 10.8.